The number of rotatable bonds is 6. The molecule has 0 atom stereocenters. The van der Waals surface area contributed by atoms with Crippen molar-refractivity contribution in [2.75, 3.05) is 10.1 Å². The lowest BCUT2D eigenvalue weighted by Gasteiger charge is -2.19. The molecule has 0 saturated heterocycles. The van der Waals surface area contributed by atoms with E-state index in [1.807, 2.05) is 6.92 Å². The van der Waals surface area contributed by atoms with Crippen LogP contribution in [-0.2, 0) is 10.0 Å². The molecule has 0 unspecified atom stereocenters. The zero-order valence-electron chi connectivity index (χ0n) is 10.2. The van der Waals surface area contributed by atoms with E-state index in [-0.39, 0.29) is 11.4 Å². The van der Waals surface area contributed by atoms with Gasteiger partial charge >= 0.3 is 6.09 Å². The van der Waals surface area contributed by atoms with Crippen LogP contribution in [0.15, 0.2) is 30.3 Å². The zero-order valence-corrected chi connectivity index (χ0v) is 11.1. The molecular formula is C12H17NO4S. The number of hydrogen-bond acceptors (Lipinski definition) is 3. The summed E-state index contributed by atoms with van der Waals surface area (Å²) < 4.78 is 24.4. The van der Waals surface area contributed by atoms with Crippen molar-refractivity contribution >= 4 is 21.8 Å². The summed E-state index contributed by atoms with van der Waals surface area (Å²) >= 11 is 0. The van der Waals surface area contributed by atoms with Gasteiger partial charge in [-0.25, -0.2) is 13.2 Å². The van der Waals surface area contributed by atoms with Crippen molar-refractivity contribution in [1.82, 2.24) is 0 Å². The summed E-state index contributed by atoms with van der Waals surface area (Å²) in [6, 6.07) is 7.84. The van der Waals surface area contributed by atoms with Crippen molar-refractivity contribution in [3.05, 3.63) is 30.3 Å². The highest BCUT2D eigenvalue weighted by Crippen LogP contribution is 2.19. The predicted octanol–water partition coefficient (Wildman–Crippen LogP) is 2.69. The average molecular weight is 271 g/mol. The number of benzene rings is 1. The maximum Gasteiger partial charge on any atom is 0.425 e. The molecule has 0 heterocycles. The highest BCUT2D eigenvalue weighted by Gasteiger charge is 2.28. The number of carbonyl (C=O) groups is 1. The van der Waals surface area contributed by atoms with E-state index in [2.05, 4.69) is 0 Å². The van der Waals surface area contributed by atoms with Crippen LogP contribution in [0.4, 0.5) is 10.5 Å². The predicted molar refractivity (Wildman–Crippen MR) is 70.3 cm³/mol. The van der Waals surface area contributed by atoms with Crippen LogP contribution in [0.3, 0.4) is 0 Å². The monoisotopic (exact) mass is 271 g/mol. The van der Waals surface area contributed by atoms with Gasteiger partial charge in [0.2, 0.25) is 10.0 Å². The molecule has 0 aromatic heterocycles. The van der Waals surface area contributed by atoms with Crippen molar-refractivity contribution in [3.8, 4) is 0 Å². The van der Waals surface area contributed by atoms with Gasteiger partial charge in [0, 0.05) is 0 Å². The Kier molecular flexibility index (Phi) is 5.15. The Labute approximate surface area is 107 Å². The number of unbranched alkanes of at least 4 members (excludes halogenated alkanes) is 2. The lowest BCUT2D eigenvalue weighted by atomic mass is 10.3. The van der Waals surface area contributed by atoms with Gasteiger partial charge in [-0.2, -0.15) is 4.31 Å². The van der Waals surface area contributed by atoms with E-state index in [0.29, 0.717) is 10.7 Å². The SMILES string of the molecule is CCCCCS(=O)(=O)N(C(=O)O)c1ccccc1. The van der Waals surface area contributed by atoms with Crippen molar-refractivity contribution in [2.24, 2.45) is 0 Å². The van der Waals surface area contributed by atoms with Crippen molar-refractivity contribution < 1.29 is 18.3 Å². The quantitative estimate of drug-likeness (QED) is 0.807. The summed E-state index contributed by atoms with van der Waals surface area (Å²) in [4.78, 5) is 11.1. The van der Waals surface area contributed by atoms with E-state index in [1.165, 1.54) is 12.1 Å². The van der Waals surface area contributed by atoms with Gasteiger partial charge in [0.25, 0.3) is 0 Å². The Morgan fingerprint density at radius 2 is 1.83 bits per heavy atom. The van der Waals surface area contributed by atoms with Crippen molar-refractivity contribution in [1.29, 1.82) is 0 Å². The fourth-order valence-electron chi connectivity index (χ4n) is 1.58. The van der Waals surface area contributed by atoms with Crippen LogP contribution in [0.25, 0.3) is 0 Å². The van der Waals surface area contributed by atoms with E-state index in [9.17, 15) is 13.2 Å². The molecule has 0 bridgehead atoms. The number of para-hydroxylation sites is 1. The van der Waals surface area contributed by atoms with Gasteiger partial charge < -0.3 is 5.11 Å². The maximum atomic E-state index is 12.0. The molecule has 1 aromatic rings. The molecule has 0 radical (unpaired) electrons. The fourth-order valence-corrected chi connectivity index (χ4v) is 3.01. The lowest BCUT2D eigenvalue weighted by Crippen LogP contribution is -2.37. The number of anilines is 1. The van der Waals surface area contributed by atoms with Gasteiger partial charge in [0.1, 0.15) is 0 Å². The van der Waals surface area contributed by atoms with Crippen LogP contribution in [0, 0.1) is 0 Å². The molecule has 5 nitrogen and oxygen atoms in total. The molecule has 100 valence electrons. The minimum Gasteiger partial charge on any atom is -0.464 e. The van der Waals surface area contributed by atoms with Gasteiger partial charge in [-0.15, -0.1) is 0 Å². The largest absolute Gasteiger partial charge is 0.464 e. The highest BCUT2D eigenvalue weighted by molar-refractivity contribution is 7.93. The lowest BCUT2D eigenvalue weighted by molar-refractivity contribution is 0.206. The van der Waals surface area contributed by atoms with Gasteiger partial charge in [-0.1, -0.05) is 38.0 Å². The zero-order chi connectivity index (χ0) is 13.6. The molecule has 0 fully saturated rings. The number of carboxylic acid groups (broad SMARTS) is 1. The minimum absolute atomic E-state index is 0.151. The summed E-state index contributed by atoms with van der Waals surface area (Å²) in [5.41, 5.74) is 0.154. The van der Waals surface area contributed by atoms with Crippen LogP contribution in [0.2, 0.25) is 0 Å². The molecule has 18 heavy (non-hydrogen) atoms. The van der Waals surface area contributed by atoms with E-state index >= 15 is 0 Å². The second kappa shape index (κ2) is 6.39. The molecule has 0 aliphatic rings. The van der Waals surface area contributed by atoms with Crippen LogP contribution in [0.5, 0.6) is 0 Å². The Morgan fingerprint density at radius 3 is 2.33 bits per heavy atom. The van der Waals surface area contributed by atoms with E-state index in [1.54, 1.807) is 18.2 Å². The normalized spacial score (nSPS) is 11.2. The molecule has 1 rings (SSSR count). The average Bonchev–Trinajstić information content (AvgIpc) is 2.29. The third-order valence-corrected chi connectivity index (χ3v) is 4.18. The van der Waals surface area contributed by atoms with Crippen LogP contribution < -0.4 is 4.31 Å². The third kappa shape index (κ3) is 3.73. The van der Waals surface area contributed by atoms with E-state index in [4.69, 9.17) is 5.11 Å². The van der Waals surface area contributed by atoms with Crippen LogP contribution in [-0.4, -0.2) is 25.4 Å². The van der Waals surface area contributed by atoms with Crippen LogP contribution in [0.1, 0.15) is 26.2 Å². The molecular weight excluding hydrogens is 254 g/mol. The summed E-state index contributed by atoms with van der Waals surface area (Å²) in [7, 11) is -3.81. The summed E-state index contributed by atoms with van der Waals surface area (Å²) in [5.74, 6) is -0.151. The topological polar surface area (TPSA) is 74.7 Å². The van der Waals surface area contributed by atoms with Gasteiger partial charge in [-0.3, -0.25) is 0 Å². The molecule has 1 amide bonds. The first-order valence-corrected chi connectivity index (χ1v) is 7.41. The Hall–Kier alpha value is -1.56. The molecule has 1 N–H and O–H groups in total. The first-order chi connectivity index (χ1) is 8.49. The Balaban J connectivity index is 2.96. The maximum absolute atomic E-state index is 12.0. The molecule has 0 aliphatic heterocycles. The summed E-state index contributed by atoms with van der Waals surface area (Å²) in [6.07, 6.45) is 0.642. The molecule has 0 saturated carbocycles. The second-order valence-corrected chi connectivity index (χ2v) is 5.84. The van der Waals surface area contributed by atoms with E-state index < -0.39 is 16.1 Å². The molecule has 6 heteroatoms. The smallest absolute Gasteiger partial charge is 0.425 e. The Morgan fingerprint density at radius 1 is 1.22 bits per heavy atom. The molecule has 0 spiro atoms. The van der Waals surface area contributed by atoms with Crippen molar-refractivity contribution in [3.63, 3.8) is 0 Å². The second-order valence-electron chi connectivity index (χ2n) is 3.91. The molecule has 1 aromatic carbocycles. The molecule has 0 aliphatic carbocycles. The number of amides is 1. The van der Waals surface area contributed by atoms with E-state index in [0.717, 1.165) is 12.8 Å². The van der Waals surface area contributed by atoms with Crippen LogP contribution >= 0.6 is 0 Å². The number of sulfonamides is 1. The third-order valence-electron chi connectivity index (χ3n) is 2.45. The van der Waals surface area contributed by atoms with Gasteiger partial charge in [0.05, 0.1) is 11.4 Å². The van der Waals surface area contributed by atoms with Crippen molar-refractivity contribution in [2.45, 2.75) is 26.2 Å². The first-order valence-electron chi connectivity index (χ1n) is 5.80. The minimum atomic E-state index is -3.81. The number of nitrogens with zero attached hydrogens (tertiary/aromatic N) is 1. The fraction of sp³-hybridized carbons (Fsp3) is 0.417. The number of hydrogen-bond donors (Lipinski definition) is 1. The summed E-state index contributed by atoms with van der Waals surface area (Å²) in [6.45, 7) is 1.96. The summed E-state index contributed by atoms with van der Waals surface area (Å²) in [5, 5.41) is 9.07. The Bertz CT molecular complexity index is 484. The van der Waals surface area contributed by atoms with Gasteiger partial charge in [0.15, 0.2) is 0 Å². The van der Waals surface area contributed by atoms with Gasteiger partial charge in [-0.05, 0) is 18.6 Å². The standard InChI is InChI=1S/C12H17NO4S/c1-2-3-7-10-18(16,17)13(12(14)15)11-8-5-4-6-9-11/h4-6,8-9H,2-3,7,10H2,1H3,(H,14,15). The highest BCUT2D eigenvalue weighted by atomic mass is 32.2. The first kappa shape index (κ1) is 14.5.